The van der Waals surface area contributed by atoms with Gasteiger partial charge in [-0.3, -0.25) is 10.1 Å². The first-order chi connectivity index (χ1) is 13.8. The number of aromatic nitrogens is 1. The number of nitrogens with one attached hydrogen (secondary N) is 2. The number of esters is 1. The van der Waals surface area contributed by atoms with Gasteiger partial charge in [-0.2, -0.15) is 0 Å². The Morgan fingerprint density at radius 2 is 2.00 bits per heavy atom. The van der Waals surface area contributed by atoms with Gasteiger partial charge < -0.3 is 14.6 Å². The summed E-state index contributed by atoms with van der Waals surface area (Å²) in [6.45, 7) is 5.93. The minimum atomic E-state index is -1.07. The first-order valence-electron chi connectivity index (χ1n) is 9.86. The Hall–Kier alpha value is -2.61. The van der Waals surface area contributed by atoms with Crippen LogP contribution in [0, 0.1) is 13.8 Å². The second-order valence-electron chi connectivity index (χ2n) is 7.44. The molecule has 0 spiro atoms. The zero-order valence-corrected chi connectivity index (χ0v) is 17.8. The van der Waals surface area contributed by atoms with Crippen molar-refractivity contribution in [3.8, 4) is 0 Å². The van der Waals surface area contributed by atoms with Crippen molar-refractivity contribution in [3.63, 3.8) is 0 Å². The second-order valence-corrected chi connectivity index (χ2v) is 8.47. The summed E-state index contributed by atoms with van der Waals surface area (Å²) in [4.78, 5) is 37.9. The number of ether oxygens (including phenoxy) is 1. The Balaban J connectivity index is 1.57. The van der Waals surface area contributed by atoms with Crippen molar-refractivity contribution in [2.45, 2.75) is 65.1 Å². The molecule has 3 rings (SSSR count). The predicted molar refractivity (Wildman–Crippen MR) is 111 cm³/mol. The molecule has 0 radical (unpaired) electrons. The molecular weight excluding hydrogens is 390 g/mol. The molecule has 2 aromatic rings. The molecule has 2 N–H and O–H groups in total. The molecule has 2 heterocycles. The lowest BCUT2D eigenvalue weighted by atomic mass is 10.2. The van der Waals surface area contributed by atoms with Crippen molar-refractivity contribution in [2.75, 3.05) is 0 Å². The fourth-order valence-corrected chi connectivity index (χ4v) is 4.28. The van der Waals surface area contributed by atoms with E-state index in [0.29, 0.717) is 12.1 Å². The van der Waals surface area contributed by atoms with Crippen LogP contribution in [-0.4, -0.2) is 34.6 Å². The van der Waals surface area contributed by atoms with Gasteiger partial charge in [0.1, 0.15) is 0 Å². The number of rotatable bonds is 6. The van der Waals surface area contributed by atoms with Gasteiger partial charge in [-0.15, -0.1) is 11.3 Å². The Morgan fingerprint density at radius 3 is 2.66 bits per heavy atom. The molecule has 1 aliphatic carbocycles. The first-order valence-corrected chi connectivity index (χ1v) is 10.7. The number of hydrogen-bond acceptors (Lipinski definition) is 5. The van der Waals surface area contributed by atoms with Crippen LogP contribution in [0.2, 0.25) is 0 Å². The fourth-order valence-electron chi connectivity index (χ4n) is 3.59. The van der Waals surface area contributed by atoms with E-state index in [9.17, 15) is 14.4 Å². The third-order valence-corrected chi connectivity index (χ3v) is 6.13. The van der Waals surface area contributed by atoms with Crippen LogP contribution in [0.15, 0.2) is 23.6 Å². The molecule has 7 nitrogen and oxygen atoms in total. The summed E-state index contributed by atoms with van der Waals surface area (Å²) in [5, 5.41) is 7.05. The molecule has 0 unspecified atom stereocenters. The molecular formula is C21H27N3O4S. The van der Waals surface area contributed by atoms with Crippen molar-refractivity contribution in [1.29, 1.82) is 0 Å². The molecule has 1 atom stereocenters. The summed E-state index contributed by atoms with van der Waals surface area (Å²) >= 11 is 1.66. The van der Waals surface area contributed by atoms with Crippen LogP contribution < -0.4 is 10.6 Å². The summed E-state index contributed by atoms with van der Waals surface area (Å²) in [5.41, 5.74) is 2.15. The van der Waals surface area contributed by atoms with E-state index in [1.165, 1.54) is 11.8 Å². The van der Waals surface area contributed by atoms with Crippen LogP contribution in [0.1, 0.15) is 59.2 Å². The number of urea groups is 1. The molecule has 1 fully saturated rings. The Morgan fingerprint density at radius 1 is 1.28 bits per heavy atom. The van der Waals surface area contributed by atoms with Gasteiger partial charge in [-0.05, 0) is 51.1 Å². The highest BCUT2D eigenvalue weighted by Gasteiger charge is 2.25. The zero-order chi connectivity index (χ0) is 21.0. The Bertz CT molecular complexity index is 882. The molecule has 8 heteroatoms. The van der Waals surface area contributed by atoms with Gasteiger partial charge in [-0.25, -0.2) is 9.59 Å². The van der Waals surface area contributed by atoms with Crippen molar-refractivity contribution in [2.24, 2.45) is 0 Å². The predicted octanol–water partition coefficient (Wildman–Crippen LogP) is 3.53. The Labute approximate surface area is 174 Å². The average molecular weight is 418 g/mol. The van der Waals surface area contributed by atoms with Crippen molar-refractivity contribution in [1.82, 2.24) is 15.2 Å². The van der Waals surface area contributed by atoms with Crippen LogP contribution in [0.25, 0.3) is 0 Å². The molecule has 1 aliphatic rings. The van der Waals surface area contributed by atoms with Crippen molar-refractivity contribution in [3.05, 3.63) is 45.4 Å². The van der Waals surface area contributed by atoms with Crippen molar-refractivity contribution >= 4 is 29.2 Å². The highest BCUT2D eigenvalue weighted by Crippen LogP contribution is 2.20. The van der Waals surface area contributed by atoms with Gasteiger partial charge >= 0.3 is 12.0 Å². The number of carbonyl (C=O) groups excluding carboxylic acids is 3. The molecule has 0 bridgehead atoms. The normalized spacial score (nSPS) is 15.1. The molecule has 2 aromatic heterocycles. The van der Waals surface area contributed by atoms with Gasteiger partial charge in [0.05, 0.1) is 12.1 Å². The van der Waals surface area contributed by atoms with E-state index < -0.39 is 24.0 Å². The van der Waals surface area contributed by atoms with E-state index in [-0.39, 0.29) is 6.04 Å². The van der Waals surface area contributed by atoms with E-state index >= 15 is 0 Å². The molecule has 0 aromatic carbocycles. The van der Waals surface area contributed by atoms with Gasteiger partial charge in [-0.1, -0.05) is 18.9 Å². The SMILES string of the molecule is Cc1cc(C(=O)O[C@H](C)C(=O)NC(=O)NC2CCCC2)c(C)n1Cc1cccs1. The first kappa shape index (κ1) is 21.1. The third-order valence-electron chi connectivity index (χ3n) is 5.27. The van der Waals surface area contributed by atoms with Gasteiger partial charge in [0.15, 0.2) is 6.10 Å². The quantitative estimate of drug-likeness (QED) is 0.704. The van der Waals surface area contributed by atoms with Crippen molar-refractivity contribution < 1.29 is 19.1 Å². The molecule has 156 valence electrons. The number of aryl methyl sites for hydroxylation is 1. The molecule has 29 heavy (non-hydrogen) atoms. The van der Waals surface area contributed by atoms with Crippen LogP contribution in [-0.2, 0) is 16.1 Å². The maximum atomic E-state index is 12.6. The minimum Gasteiger partial charge on any atom is -0.449 e. The topological polar surface area (TPSA) is 89.4 Å². The Kier molecular flexibility index (Phi) is 6.74. The number of nitrogens with zero attached hydrogens (tertiary/aromatic N) is 1. The van der Waals surface area contributed by atoms with Crippen LogP contribution in [0.5, 0.6) is 0 Å². The smallest absolute Gasteiger partial charge is 0.340 e. The maximum Gasteiger partial charge on any atom is 0.340 e. The summed E-state index contributed by atoms with van der Waals surface area (Å²) in [7, 11) is 0. The average Bonchev–Trinajstić information content (AvgIpc) is 3.41. The molecule has 0 aliphatic heterocycles. The largest absolute Gasteiger partial charge is 0.449 e. The lowest BCUT2D eigenvalue weighted by molar-refractivity contribution is -0.127. The van der Waals surface area contributed by atoms with E-state index in [1.807, 2.05) is 35.9 Å². The van der Waals surface area contributed by atoms with Crippen LogP contribution >= 0.6 is 11.3 Å². The van der Waals surface area contributed by atoms with Crippen LogP contribution in [0.4, 0.5) is 4.79 Å². The summed E-state index contributed by atoms with van der Waals surface area (Å²) < 4.78 is 7.36. The molecule has 3 amide bonds. The van der Waals surface area contributed by atoms with E-state index in [1.54, 1.807) is 17.4 Å². The highest BCUT2D eigenvalue weighted by atomic mass is 32.1. The summed E-state index contributed by atoms with van der Waals surface area (Å²) in [6.07, 6.45) is 2.94. The molecule has 0 saturated heterocycles. The standard InChI is InChI=1S/C21H27N3O4S/c1-13-11-18(14(2)24(13)12-17-9-6-10-29-17)20(26)28-15(3)19(25)23-21(27)22-16-7-4-5-8-16/h6,9-11,15-16H,4-5,7-8,12H2,1-3H3,(H2,22,23,25,27)/t15-/m1/s1. The second kappa shape index (κ2) is 9.26. The maximum absolute atomic E-state index is 12.6. The summed E-state index contributed by atoms with van der Waals surface area (Å²) in [6, 6.07) is 5.37. The zero-order valence-electron chi connectivity index (χ0n) is 17.0. The fraction of sp³-hybridized carbons (Fsp3) is 0.476. The number of carbonyl (C=O) groups is 3. The van der Waals surface area contributed by atoms with E-state index in [4.69, 9.17) is 4.74 Å². The lowest BCUT2D eigenvalue weighted by Gasteiger charge is -2.15. The third kappa shape index (κ3) is 5.26. The van der Waals surface area contributed by atoms with E-state index in [2.05, 4.69) is 10.6 Å². The van der Waals surface area contributed by atoms with Gasteiger partial charge in [0.25, 0.3) is 5.91 Å². The molecule has 1 saturated carbocycles. The van der Waals surface area contributed by atoms with Crippen LogP contribution in [0.3, 0.4) is 0 Å². The minimum absolute atomic E-state index is 0.106. The lowest BCUT2D eigenvalue weighted by Crippen LogP contribution is -2.47. The monoisotopic (exact) mass is 417 g/mol. The number of hydrogen-bond donors (Lipinski definition) is 2. The highest BCUT2D eigenvalue weighted by molar-refractivity contribution is 7.09. The number of amides is 3. The number of imide groups is 1. The number of thiophene rings is 1. The van der Waals surface area contributed by atoms with Gasteiger partial charge in [0, 0.05) is 22.3 Å². The van der Waals surface area contributed by atoms with E-state index in [0.717, 1.165) is 37.1 Å². The van der Waals surface area contributed by atoms with Gasteiger partial charge in [0.2, 0.25) is 0 Å². The summed E-state index contributed by atoms with van der Waals surface area (Å²) in [5.74, 6) is -1.21.